The molecule has 9 heteroatoms. The van der Waals surface area contributed by atoms with Gasteiger partial charge in [0.1, 0.15) is 5.75 Å². The van der Waals surface area contributed by atoms with Gasteiger partial charge in [-0.15, -0.1) is 10.2 Å². The third kappa shape index (κ3) is 5.91. The standard InChI is InChI=1S/C25H32N6O3/c1-17-16-30(18(2)15-26-17)21-12-19(13-22(32)14-21)11-20-7-3-4-8-23(20)25-27-29-31(28-25)10-6-5-9-24(33)34/h3-4,7-8,12-14,17-18,26,32H,5-6,9-11,15-16H2,1-2H3,(H,33,34)/t17-,18+/m1/s1. The Morgan fingerprint density at radius 3 is 2.82 bits per heavy atom. The molecule has 180 valence electrons. The van der Waals surface area contributed by atoms with E-state index in [4.69, 9.17) is 5.11 Å². The highest BCUT2D eigenvalue weighted by Gasteiger charge is 2.23. The van der Waals surface area contributed by atoms with E-state index >= 15 is 0 Å². The van der Waals surface area contributed by atoms with Crippen LogP contribution < -0.4 is 10.2 Å². The molecule has 9 nitrogen and oxygen atoms in total. The van der Waals surface area contributed by atoms with Crippen molar-refractivity contribution in [3.8, 4) is 17.1 Å². The molecule has 0 bridgehead atoms. The number of hydrogen-bond donors (Lipinski definition) is 3. The zero-order chi connectivity index (χ0) is 24.1. The third-order valence-corrected chi connectivity index (χ3v) is 6.16. The Labute approximate surface area is 199 Å². The summed E-state index contributed by atoms with van der Waals surface area (Å²) in [4.78, 5) is 14.5. The van der Waals surface area contributed by atoms with Crippen LogP contribution in [0.1, 0.15) is 44.2 Å². The van der Waals surface area contributed by atoms with Gasteiger partial charge in [0, 0.05) is 48.9 Å². The van der Waals surface area contributed by atoms with Crippen molar-refractivity contribution < 1.29 is 15.0 Å². The van der Waals surface area contributed by atoms with Gasteiger partial charge < -0.3 is 20.4 Å². The molecule has 3 aromatic rings. The first-order valence-electron chi connectivity index (χ1n) is 11.8. The minimum atomic E-state index is -0.794. The second kappa shape index (κ2) is 10.6. The van der Waals surface area contributed by atoms with Crippen molar-refractivity contribution in [3.63, 3.8) is 0 Å². The van der Waals surface area contributed by atoms with E-state index in [1.807, 2.05) is 36.4 Å². The van der Waals surface area contributed by atoms with Crippen molar-refractivity contribution in [1.29, 1.82) is 0 Å². The summed E-state index contributed by atoms with van der Waals surface area (Å²) in [6, 6.07) is 14.5. The first kappa shape index (κ1) is 23.7. The number of aromatic hydroxyl groups is 1. The van der Waals surface area contributed by atoms with E-state index in [1.165, 1.54) is 4.80 Å². The number of phenols is 1. The fraction of sp³-hybridized carbons (Fsp3) is 0.440. The molecule has 0 radical (unpaired) electrons. The Kier molecular flexibility index (Phi) is 7.42. The molecule has 0 saturated carbocycles. The zero-order valence-corrected chi connectivity index (χ0v) is 19.7. The van der Waals surface area contributed by atoms with Crippen LogP contribution in [0.5, 0.6) is 5.75 Å². The molecule has 2 aromatic carbocycles. The average molecular weight is 465 g/mol. The lowest BCUT2D eigenvalue weighted by molar-refractivity contribution is -0.137. The second-order valence-corrected chi connectivity index (χ2v) is 9.06. The van der Waals surface area contributed by atoms with Gasteiger partial charge in [-0.05, 0) is 61.6 Å². The highest BCUT2D eigenvalue weighted by atomic mass is 16.4. The van der Waals surface area contributed by atoms with Crippen molar-refractivity contribution in [3.05, 3.63) is 53.6 Å². The molecule has 1 saturated heterocycles. The van der Waals surface area contributed by atoms with E-state index in [9.17, 15) is 9.90 Å². The number of tetrazole rings is 1. The van der Waals surface area contributed by atoms with E-state index in [1.54, 1.807) is 0 Å². The number of aryl methyl sites for hydroxylation is 1. The molecule has 1 aromatic heterocycles. The SMILES string of the molecule is C[C@@H]1CN(c2cc(O)cc(Cc3ccccc3-c3nnn(CCCCC(=O)O)n3)c2)[C@@H](C)CN1. The van der Waals surface area contributed by atoms with Gasteiger partial charge in [0.2, 0.25) is 5.82 Å². The summed E-state index contributed by atoms with van der Waals surface area (Å²) in [7, 11) is 0. The molecule has 2 heterocycles. The third-order valence-electron chi connectivity index (χ3n) is 6.16. The number of carboxylic acids is 1. The van der Waals surface area contributed by atoms with E-state index in [0.717, 1.165) is 35.5 Å². The summed E-state index contributed by atoms with van der Waals surface area (Å²) in [6.07, 6.45) is 2.02. The fourth-order valence-corrected chi connectivity index (χ4v) is 4.39. The number of nitrogens with zero attached hydrogens (tertiary/aromatic N) is 5. The van der Waals surface area contributed by atoms with Crippen molar-refractivity contribution >= 4 is 11.7 Å². The van der Waals surface area contributed by atoms with Crippen LogP contribution in [-0.2, 0) is 17.8 Å². The number of hydrogen-bond acceptors (Lipinski definition) is 7. The number of benzene rings is 2. The number of unbranched alkanes of at least 4 members (excludes halogenated alkanes) is 1. The van der Waals surface area contributed by atoms with Gasteiger partial charge in [-0.3, -0.25) is 4.79 Å². The number of phenolic OH excluding ortho intramolecular Hbond substituents is 1. The Morgan fingerprint density at radius 2 is 2.00 bits per heavy atom. The van der Waals surface area contributed by atoms with Crippen LogP contribution in [0.2, 0.25) is 0 Å². The van der Waals surface area contributed by atoms with E-state index < -0.39 is 5.97 Å². The maximum atomic E-state index is 10.7. The minimum Gasteiger partial charge on any atom is -0.508 e. The predicted molar refractivity (Wildman–Crippen MR) is 130 cm³/mol. The summed E-state index contributed by atoms with van der Waals surface area (Å²) in [5, 5.41) is 35.6. The lowest BCUT2D eigenvalue weighted by Crippen LogP contribution is -2.54. The zero-order valence-electron chi connectivity index (χ0n) is 19.7. The normalized spacial score (nSPS) is 18.2. The topological polar surface area (TPSA) is 116 Å². The van der Waals surface area contributed by atoms with E-state index in [0.29, 0.717) is 43.7 Å². The number of aromatic nitrogens is 4. The van der Waals surface area contributed by atoms with Gasteiger partial charge in [0.05, 0.1) is 6.54 Å². The quantitative estimate of drug-likeness (QED) is 0.414. The Morgan fingerprint density at radius 1 is 1.18 bits per heavy atom. The smallest absolute Gasteiger partial charge is 0.303 e. The molecule has 4 rings (SSSR count). The number of aliphatic carboxylic acids is 1. The summed E-state index contributed by atoms with van der Waals surface area (Å²) in [5.74, 6) is 0.00440. The number of anilines is 1. The molecule has 1 aliphatic rings. The Balaban J connectivity index is 1.52. The summed E-state index contributed by atoms with van der Waals surface area (Å²) < 4.78 is 0. The minimum absolute atomic E-state index is 0.141. The molecule has 0 spiro atoms. The Bertz CT molecular complexity index is 1130. The fourth-order valence-electron chi connectivity index (χ4n) is 4.39. The van der Waals surface area contributed by atoms with Crippen molar-refractivity contribution in [2.75, 3.05) is 18.0 Å². The lowest BCUT2D eigenvalue weighted by Gasteiger charge is -2.39. The molecular formula is C25H32N6O3. The molecule has 3 N–H and O–H groups in total. The Hall–Kier alpha value is -3.46. The van der Waals surface area contributed by atoms with Crippen LogP contribution in [0.15, 0.2) is 42.5 Å². The molecule has 34 heavy (non-hydrogen) atoms. The monoisotopic (exact) mass is 464 g/mol. The predicted octanol–water partition coefficient (Wildman–Crippen LogP) is 3.08. The van der Waals surface area contributed by atoms with Crippen LogP contribution in [0.3, 0.4) is 0 Å². The van der Waals surface area contributed by atoms with Gasteiger partial charge in [0.15, 0.2) is 0 Å². The molecule has 0 unspecified atom stereocenters. The lowest BCUT2D eigenvalue weighted by atomic mass is 9.98. The first-order chi connectivity index (χ1) is 16.4. The number of rotatable bonds is 9. The molecule has 0 amide bonds. The maximum absolute atomic E-state index is 10.7. The number of piperazine rings is 1. The maximum Gasteiger partial charge on any atom is 0.303 e. The highest BCUT2D eigenvalue weighted by molar-refractivity contribution is 5.66. The van der Waals surface area contributed by atoms with Gasteiger partial charge in [-0.1, -0.05) is 24.3 Å². The van der Waals surface area contributed by atoms with Crippen LogP contribution >= 0.6 is 0 Å². The average Bonchev–Trinajstić information content (AvgIpc) is 3.27. The highest BCUT2D eigenvalue weighted by Crippen LogP contribution is 2.29. The molecular weight excluding hydrogens is 432 g/mol. The van der Waals surface area contributed by atoms with E-state index in [2.05, 4.69) is 45.5 Å². The van der Waals surface area contributed by atoms with Gasteiger partial charge in [-0.25, -0.2) is 0 Å². The van der Waals surface area contributed by atoms with Gasteiger partial charge in [-0.2, -0.15) is 4.80 Å². The largest absolute Gasteiger partial charge is 0.508 e. The van der Waals surface area contributed by atoms with Crippen molar-refractivity contribution in [2.24, 2.45) is 0 Å². The van der Waals surface area contributed by atoms with Crippen LogP contribution in [0, 0.1) is 0 Å². The van der Waals surface area contributed by atoms with Crippen LogP contribution in [0.25, 0.3) is 11.4 Å². The summed E-state index contributed by atoms with van der Waals surface area (Å²) >= 11 is 0. The number of carboxylic acid groups (broad SMARTS) is 1. The van der Waals surface area contributed by atoms with Crippen LogP contribution in [-0.4, -0.2) is 61.6 Å². The molecule has 1 aliphatic heterocycles. The van der Waals surface area contributed by atoms with Crippen molar-refractivity contribution in [2.45, 2.75) is 58.2 Å². The first-order valence-corrected chi connectivity index (χ1v) is 11.8. The second-order valence-electron chi connectivity index (χ2n) is 9.06. The summed E-state index contributed by atoms with van der Waals surface area (Å²) in [5.41, 5.74) is 3.99. The molecule has 0 aliphatic carbocycles. The number of carbonyl (C=O) groups is 1. The van der Waals surface area contributed by atoms with Crippen LogP contribution in [0.4, 0.5) is 5.69 Å². The van der Waals surface area contributed by atoms with E-state index in [-0.39, 0.29) is 12.2 Å². The van der Waals surface area contributed by atoms with Gasteiger partial charge >= 0.3 is 5.97 Å². The molecule has 1 fully saturated rings. The van der Waals surface area contributed by atoms with Crippen molar-refractivity contribution in [1.82, 2.24) is 25.5 Å². The van der Waals surface area contributed by atoms with Gasteiger partial charge in [0.25, 0.3) is 0 Å². The molecule has 2 atom stereocenters. The number of nitrogens with one attached hydrogen (secondary N) is 1. The summed E-state index contributed by atoms with van der Waals surface area (Å²) in [6.45, 7) is 6.69.